The Morgan fingerprint density at radius 1 is 1.36 bits per heavy atom. The number of hydrogen-bond donors (Lipinski definition) is 1. The Kier molecular flexibility index (Phi) is 3.10. The Balaban J connectivity index is 3.01. The zero-order valence-electron chi connectivity index (χ0n) is 7.89. The molecule has 5 heteroatoms. The fraction of sp³-hybridized carbons (Fsp3) is 0.444. The van der Waals surface area contributed by atoms with Crippen LogP contribution in [0.2, 0.25) is 0 Å². The molecule has 1 rings (SSSR count). The summed E-state index contributed by atoms with van der Waals surface area (Å²) in [5.74, 6) is 0. The summed E-state index contributed by atoms with van der Waals surface area (Å²) in [6.45, 7) is 1.66. The van der Waals surface area contributed by atoms with Gasteiger partial charge in [0.05, 0.1) is 5.69 Å². The lowest BCUT2D eigenvalue weighted by Crippen LogP contribution is -2.32. The molecule has 0 fully saturated rings. The minimum absolute atomic E-state index is 0.000000000000000444. The predicted molar refractivity (Wildman–Crippen MR) is 46.8 cm³/mol. The van der Waals surface area contributed by atoms with Crippen molar-refractivity contribution >= 4 is 0 Å². The van der Waals surface area contributed by atoms with Crippen LogP contribution in [0.15, 0.2) is 18.2 Å². The lowest BCUT2D eigenvalue weighted by atomic mass is 10.1. The maximum atomic E-state index is 12.4. The van der Waals surface area contributed by atoms with E-state index in [0.717, 1.165) is 0 Å². The first-order valence-corrected chi connectivity index (χ1v) is 4.12. The van der Waals surface area contributed by atoms with Gasteiger partial charge in [0.15, 0.2) is 0 Å². The van der Waals surface area contributed by atoms with Crippen LogP contribution in [0.25, 0.3) is 0 Å². The van der Waals surface area contributed by atoms with Crippen LogP contribution in [0, 0.1) is 6.92 Å². The standard InChI is InChI=1S/C9H11F3N2/c1-6-4-3-5-7(14-6)8(13-2)9(10,11)12/h3-5,8,13H,1-2H3. The van der Waals surface area contributed by atoms with E-state index in [2.05, 4.69) is 10.3 Å². The average molecular weight is 204 g/mol. The maximum absolute atomic E-state index is 12.4. The molecule has 0 bridgehead atoms. The average Bonchev–Trinajstić information content (AvgIpc) is 2.02. The number of nitrogens with zero attached hydrogens (tertiary/aromatic N) is 1. The van der Waals surface area contributed by atoms with E-state index in [4.69, 9.17) is 0 Å². The van der Waals surface area contributed by atoms with E-state index >= 15 is 0 Å². The van der Waals surface area contributed by atoms with Gasteiger partial charge in [0.1, 0.15) is 6.04 Å². The maximum Gasteiger partial charge on any atom is 0.409 e. The Morgan fingerprint density at radius 2 is 2.00 bits per heavy atom. The van der Waals surface area contributed by atoms with Gasteiger partial charge in [-0.25, -0.2) is 0 Å². The van der Waals surface area contributed by atoms with Crippen LogP contribution in [-0.2, 0) is 0 Å². The highest BCUT2D eigenvalue weighted by Gasteiger charge is 2.40. The zero-order valence-corrected chi connectivity index (χ0v) is 7.89. The van der Waals surface area contributed by atoms with Gasteiger partial charge in [0.25, 0.3) is 0 Å². The van der Waals surface area contributed by atoms with E-state index in [1.165, 1.54) is 13.1 Å². The summed E-state index contributed by atoms with van der Waals surface area (Å²) in [7, 11) is 1.27. The fourth-order valence-electron chi connectivity index (χ4n) is 1.20. The van der Waals surface area contributed by atoms with Crippen LogP contribution in [0.4, 0.5) is 13.2 Å². The number of nitrogens with one attached hydrogen (secondary N) is 1. The van der Waals surface area contributed by atoms with Crippen molar-refractivity contribution in [3.05, 3.63) is 29.6 Å². The highest BCUT2D eigenvalue weighted by atomic mass is 19.4. The molecule has 1 heterocycles. The van der Waals surface area contributed by atoms with E-state index in [1.807, 2.05) is 0 Å². The highest BCUT2D eigenvalue weighted by molar-refractivity contribution is 5.14. The van der Waals surface area contributed by atoms with E-state index in [9.17, 15) is 13.2 Å². The number of aromatic nitrogens is 1. The molecule has 0 saturated heterocycles. The first kappa shape index (κ1) is 11.0. The van der Waals surface area contributed by atoms with Gasteiger partial charge >= 0.3 is 6.18 Å². The SMILES string of the molecule is CNC(c1cccc(C)n1)C(F)(F)F. The van der Waals surface area contributed by atoms with Gasteiger partial charge in [-0.05, 0) is 26.1 Å². The number of pyridine rings is 1. The van der Waals surface area contributed by atoms with Crippen molar-refractivity contribution in [2.24, 2.45) is 0 Å². The molecule has 1 unspecified atom stereocenters. The van der Waals surface area contributed by atoms with Gasteiger partial charge in [-0.3, -0.25) is 4.98 Å². The molecule has 1 aromatic rings. The summed E-state index contributed by atoms with van der Waals surface area (Å²) in [6, 6.07) is 2.89. The smallest absolute Gasteiger partial charge is 0.304 e. The third-order valence-corrected chi connectivity index (χ3v) is 1.82. The van der Waals surface area contributed by atoms with Gasteiger partial charge < -0.3 is 5.32 Å². The van der Waals surface area contributed by atoms with E-state index < -0.39 is 12.2 Å². The monoisotopic (exact) mass is 204 g/mol. The van der Waals surface area contributed by atoms with E-state index in [0.29, 0.717) is 5.69 Å². The second kappa shape index (κ2) is 3.96. The normalized spacial score (nSPS) is 14.1. The molecule has 1 N–H and O–H groups in total. The Bertz CT molecular complexity index is 309. The van der Waals surface area contributed by atoms with Crippen molar-refractivity contribution in [1.29, 1.82) is 0 Å². The minimum Gasteiger partial charge on any atom is -0.304 e. The van der Waals surface area contributed by atoms with Crippen LogP contribution >= 0.6 is 0 Å². The number of aryl methyl sites for hydroxylation is 1. The molecule has 0 aliphatic rings. The molecule has 0 saturated carbocycles. The van der Waals surface area contributed by atoms with Crippen molar-refractivity contribution in [2.45, 2.75) is 19.1 Å². The van der Waals surface area contributed by atoms with Gasteiger partial charge in [0.2, 0.25) is 0 Å². The second-order valence-corrected chi connectivity index (χ2v) is 2.97. The summed E-state index contributed by atoms with van der Waals surface area (Å²) >= 11 is 0. The Morgan fingerprint density at radius 3 is 2.43 bits per heavy atom. The molecule has 0 radical (unpaired) electrons. The summed E-state index contributed by atoms with van der Waals surface area (Å²) < 4.78 is 37.3. The summed E-state index contributed by atoms with van der Waals surface area (Å²) in [5.41, 5.74) is 0.576. The summed E-state index contributed by atoms with van der Waals surface area (Å²) in [4.78, 5) is 3.83. The quantitative estimate of drug-likeness (QED) is 0.798. The summed E-state index contributed by atoms with van der Waals surface area (Å²) in [5, 5.41) is 2.20. The molecule has 0 aliphatic carbocycles. The first-order chi connectivity index (χ1) is 6.45. The van der Waals surface area contributed by atoms with Crippen LogP contribution in [0.3, 0.4) is 0 Å². The Hall–Kier alpha value is -1.10. The van der Waals surface area contributed by atoms with Crippen LogP contribution in [-0.4, -0.2) is 18.2 Å². The molecular weight excluding hydrogens is 193 g/mol. The second-order valence-electron chi connectivity index (χ2n) is 2.97. The molecule has 2 nitrogen and oxygen atoms in total. The summed E-state index contributed by atoms with van der Waals surface area (Å²) in [6.07, 6.45) is -4.31. The predicted octanol–water partition coefficient (Wildman–Crippen LogP) is 2.21. The van der Waals surface area contributed by atoms with Crippen molar-refractivity contribution < 1.29 is 13.2 Å². The molecule has 0 amide bonds. The Labute approximate surface area is 80.2 Å². The largest absolute Gasteiger partial charge is 0.409 e. The van der Waals surface area contributed by atoms with E-state index in [-0.39, 0.29) is 5.69 Å². The van der Waals surface area contributed by atoms with Crippen molar-refractivity contribution in [1.82, 2.24) is 10.3 Å². The van der Waals surface area contributed by atoms with Crippen molar-refractivity contribution in [2.75, 3.05) is 7.05 Å². The number of alkyl halides is 3. The molecule has 14 heavy (non-hydrogen) atoms. The molecule has 0 aliphatic heterocycles. The third kappa shape index (κ3) is 2.45. The molecule has 1 aromatic heterocycles. The highest BCUT2D eigenvalue weighted by Crippen LogP contribution is 2.31. The van der Waals surface area contributed by atoms with Gasteiger partial charge in [-0.2, -0.15) is 13.2 Å². The van der Waals surface area contributed by atoms with Gasteiger partial charge in [-0.1, -0.05) is 6.07 Å². The molecule has 78 valence electrons. The fourth-order valence-corrected chi connectivity index (χ4v) is 1.20. The molecule has 0 aromatic carbocycles. The first-order valence-electron chi connectivity index (χ1n) is 4.12. The van der Waals surface area contributed by atoms with Crippen molar-refractivity contribution in [3.63, 3.8) is 0 Å². The zero-order chi connectivity index (χ0) is 10.8. The molecular formula is C9H11F3N2. The number of rotatable bonds is 2. The topological polar surface area (TPSA) is 24.9 Å². The number of halogens is 3. The van der Waals surface area contributed by atoms with E-state index in [1.54, 1.807) is 19.1 Å². The van der Waals surface area contributed by atoms with Gasteiger partial charge in [-0.15, -0.1) is 0 Å². The van der Waals surface area contributed by atoms with Crippen LogP contribution in [0.5, 0.6) is 0 Å². The number of hydrogen-bond acceptors (Lipinski definition) is 2. The van der Waals surface area contributed by atoms with Gasteiger partial charge in [0, 0.05) is 5.69 Å². The van der Waals surface area contributed by atoms with Crippen molar-refractivity contribution in [3.8, 4) is 0 Å². The van der Waals surface area contributed by atoms with Crippen LogP contribution < -0.4 is 5.32 Å². The lowest BCUT2D eigenvalue weighted by Gasteiger charge is -2.19. The third-order valence-electron chi connectivity index (χ3n) is 1.82. The molecule has 0 spiro atoms. The lowest BCUT2D eigenvalue weighted by molar-refractivity contribution is -0.157. The minimum atomic E-state index is -4.31. The molecule has 1 atom stereocenters. The van der Waals surface area contributed by atoms with Crippen LogP contribution in [0.1, 0.15) is 17.4 Å².